The maximum absolute atomic E-state index is 12.5. The molecule has 1 aliphatic rings. The molecule has 0 amide bonds. The number of fused-ring (bicyclic) bond motifs is 3. The molecule has 1 aromatic heterocycles. The molecule has 3 nitrogen and oxygen atoms in total. The first kappa shape index (κ1) is 14.9. The Morgan fingerprint density at radius 3 is 2.46 bits per heavy atom. The molecule has 2 aromatic carbocycles. The van der Waals surface area contributed by atoms with Crippen LogP contribution in [0.2, 0.25) is 0 Å². The van der Waals surface area contributed by atoms with Crippen LogP contribution in [0.15, 0.2) is 57.8 Å². The number of hydrogen-bond donors (Lipinski definition) is 1. The lowest BCUT2D eigenvalue weighted by Gasteiger charge is -2.23. The Hall–Kier alpha value is -2.64. The molecule has 1 aliphatic carbocycles. The molecule has 0 aliphatic heterocycles. The molecule has 0 saturated heterocycles. The lowest BCUT2D eigenvalue weighted by atomic mass is 9.83. The van der Waals surface area contributed by atoms with E-state index in [4.69, 9.17) is 0 Å². The summed E-state index contributed by atoms with van der Waals surface area (Å²) in [4.78, 5) is 15.5. The van der Waals surface area contributed by atoms with Gasteiger partial charge in [0, 0.05) is 15.6 Å². The minimum atomic E-state index is -0.335. The molecule has 3 aromatic rings. The van der Waals surface area contributed by atoms with Crippen molar-refractivity contribution in [3.05, 3.63) is 80.0 Å². The average molecular weight is 377 g/mol. The van der Waals surface area contributed by atoms with Crippen LogP contribution >= 0.6 is 15.9 Å². The largest absolute Gasteiger partial charge is 0.320 e. The standard InChI is InChI=1S/C20H13BrN2O/c21-17-8-4-3-7-14(17)18-15-10-9-12-5-1-2-6-13(12)19(15)23-20(24)16(18)11-22/h1-8H,9-10H2,(H,23,24). The van der Waals surface area contributed by atoms with Gasteiger partial charge in [0.05, 0.1) is 5.69 Å². The van der Waals surface area contributed by atoms with Crippen molar-refractivity contribution in [3.63, 3.8) is 0 Å². The van der Waals surface area contributed by atoms with Crippen LogP contribution in [-0.2, 0) is 12.8 Å². The van der Waals surface area contributed by atoms with Crippen LogP contribution in [0, 0.1) is 11.3 Å². The van der Waals surface area contributed by atoms with Crippen molar-refractivity contribution in [1.82, 2.24) is 4.98 Å². The Kier molecular flexibility index (Phi) is 3.59. The number of pyridine rings is 1. The van der Waals surface area contributed by atoms with Crippen molar-refractivity contribution >= 4 is 15.9 Å². The van der Waals surface area contributed by atoms with Crippen LogP contribution in [0.5, 0.6) is 0 Å². The highest BCUT2D eigenvalue weighted by molar-refractivity contribution is 9.10. The number of hydrogen-bond acceptors (Lipinski definition) is 2. The maximum Gasteiger partial charge on any atom is 0.266 e. The number of aryl methyl sites for hydroxylation is 1. The van der Waals surface area contributed by atoms with Crippen LogP contribution in [0.1, 0.15) is 16.7 Å². The van der Waals surface area contributed by atoms with Gasteiger partial charge in [0.25, 0.3) is 5.56 Å². The van der Waals surface area contributed by atoms with Crippen LogP contribution in [0.25, 0.3) is 22.4 Å². The van der Waals surface area contributed by atoms with Gasteiger partial charge in [-0.3, -0.25) is 4.79 Å². The predicted octanol–water partition coefficient (Wildman–Crippen LogP) is 4.44. The van der Waals surface area contributed by atoms with E-state index < -0.39 is 0 Å². The van der Waals surface area contributed by atoms with Crippen molar-refractivity contribution in [2.45, 2.75) is 12.8 Å². The molecule has 24 heavy (non-hydrogen) atoms. The van der Waals surface area contributed by atoms with Crippen LogP contribution < -0.4 is 5.56 Å². The SMILES string of the molecule is N#Cc1c(-c2ccccc2Br)c2c([nH]c1=O)-c1ccccc1CC2. The Morgan fingerprint density at radius 2 is 1.71 bits per heavy atom. The number of nitrogens with zero attached hydrogens (tertiary/aromatic N) is 1. The third kappa shape index (κ3) is 2.21. The molecule has 0 saturated carbocycles. The van der Waals surface area contributed by atoms with Crippen LogP contribution in [0.4, 0.5) is 0 Å². The van der Waals surface area contributed by atoms with Gasteiger partial charge in [0.15, 0.2) is 0 Å². The third-order valence-electron chi connectivity index (χ3n) is 4.51. The van der Waals surface area contributed by atoms with Crippen LogP contribution in [-0.4, -0.2) is 4.98 Å². The second-order valence-corrected chi connectivity index (χ2v) is 6.66. The summed E-state index contributed by atoms with van der Waals surface area (Å²) in [6, 6.07) is 17.9. The number of aromatic nitrogens is 1. The number of benzene rings is 2. The van der Waals surface area contributed by atoms with E-state index in [0.717, 1.165) is 45.3 Å². The summed E-state index contributed by atoms with van der Waals surface area (Å²) in [6.07, 6.45) is 1.70. The van der Waals surface area contributed by atoms with Crippen molar-refractivity contribution in [2.24, 2.45) is 0 Å². The Bertz CT molecular complexity index is 1060. The van der Waals surface area contributed by atoms with Gasteiger partial charge in [-0.2, -0.15) is 5.26 Å². The molecule has 1 N–H and O–H groups in total. The molecular weight excluding hydrogens is 364 g/mol. The molecule has 1 heterocycles. The summed E-state index contributed by atoms with van der Waals surface area (Å²) in [6.45, 7) is 0. The van der Waals surface area contributed by atoms with Gasteiger partial charge in [-0.25, -0.2) is 0 Å². The molecule has 116 valence electrons. The number of rotatable bonds is 1. The lowest BCUT2D eigenvalue weighted by molar-refractivity contribution is 0.923. The summed E-state index contributed by atoms with van der Waals surface area (Å²) < 4.78 is 0.883. The highest BCUT2D eigenvalue weighted by Gasteiger charge is 2.25. The summed E-state index contributed by atoms with van der Waals surface area (Å²) in [7, 11) is 0. The molecule has 0 spiro atoms. The van der Waals surface area contributed by atoms with Crippen molar-refractivity contribution in [2.75, 3.05) is 0 Å². The van der Waals surface area contributed by atoms with Gasteiger partial charge in [0.1, 0.15) is 11.6 Å². The molecule has 0 bridgehead atoms. The van der Waals surface area contributed by atoms with Crippen molar-refractivity contribution in [3.8, 4) is 28.5 Å². The fraction of sp³-hybridized carbons (Fsp3) is 0.100. The van der Waals surface area contributed by atoms with E-state index in [1.165, 1.54) is 5.56 Å². The Morgan fingerprint density at radius 1 is 1.00 bits per heavy atom. The maximum atomic E-state index is 12.5. The smallest absolute Gasteiger partial charge is 0.266 e. The van der Waals surface area contributed by atoms with E-state index in [2.05, 4.69) is 33.0 Å². The predicted molar refractivity (Wildman–Crippen MR) is 97.8 cm³/mol. The first-order valence-electron chi connectivity index (χ1n) is 7.73. The molecular formula is C20H13BrN2O. The minimum Gasteiger partial charge on any atom is -0.320 e. The normalized spacial score (nSPS) is 12.2. The summed E-state index contributed by atoms with van der Waals surface area (Å²) in [5.41, 5.74) is 5.63. The Labute approximate surface area is 147 Å². The number of halogens is 1. The van der Waals surface area contributed by atoms with Gasteiger partial charge in [-0.05, 0) is 35.6 Å². The number of H-pyrrole nitrogens is 1. The third-order valence-corrected chi connectivity index (χ3v) is 5.20. The van der Waals surface area contributed by atoms with E-state index in [0.29, 0.717) is 0 Å². The molecule has 0 radical (unpaired) electrons. The highest BCUT2D eigenvalue weighted by atomic mass is 79.9. The first-order valence-corrected chi connectivity index (χ1v) is 8.52. The van der Waals surface area contributed by atoms with Gasteiger partial charge in [0.2, 0.25) is 0 Å². The lowest BCUT2D eigenvalue weighted by Crippen LogP contribution is -2.19. The quantitative estimate of drug-likeness (QED) is 0.682. The first-order chi connectivity index (χ1) is 11.7. The minimum absolute atomic E-state index is 0.181. The van der Waals surface area contributed by atoms with E-state index in [-0.39, 0.29) is 11.1 Å². The fourth-order valence-corrected chi connectivity index (χ4v) is 3.91. The molecule has 4 heteroatoms. The van der Waals surface area contributed by atoms with Gasteiger partial charge in [-0.15, -0.1) is 0 Å². The summed E-state index contributed by atoms with van der Waals surface area (Å²) in [5.74, 6) is 0. The highest BCUT2D eigenvalue weighted by Crippen LogP contribution is 2.39. The van der Waals surface area contributed by atoms with Gasteiger partial charge < -0.3 is 4.98 Å². The van der Waals surface area contributed by atoms with E-state index in [1.54, 1.807) is 0 Å². The van der Waals surface area contributed by atoms with E-state index in [9.17, 15) is 10.1 Å². The van der Waals surface area contributed by atoms with Gasteiger partial charge >= 0.3 is 0 Å². The average Bonchev–Trinajstić information content (AvgIpc) is 2.61. The summed E-state index contributed by atoms with van der Waals surface area (Å²) in [5, 5.41) is 9.56. The Balaban J connectivity index is 2.12. The van der Waals surface area contributed by atoms with E-state index >= 15 is 0 Å². The van der Waals surface area contributed by atoms with Crippen LogP contribution in [0.3, 0.4) is 0 Å². The zero-order valence-corrected chi connectivity index (χ0v) is 14.4. The van der Waals surface area contributed by atoms with Gasteiger partial charge in [-0.1, -0.05) is 58.4 Å². The number of nitrogens with one attached hydrogen (secondary N) is 1. The fourth-order valence-electron chi connectivity index (χ4n) is 3.43. The second kappa shape index (κ2) is 5.77. The topological polar surface area (TPSA) is 56.6 Å². The molecule has 0 atom stereocenters. The molecule has 0 unspecified atom stereocenters. The second-order valence-electron chi connectivity index (χ2n) is 5.81. The zero-order valence-electron chi connectivity index (χ0n) is 12.8. The van der Waals surface area contributed by atoms with Crippen molar-refractivity contribution in [1.29, 1.82) is 5.26 Å². The molecule has 0 fully saturated rings. The summed E-state index contributed by atoms with van der Waals surface area (Å²) >= 11 is 3.56. The number of aromatic amines is 1. The van der Waals surface area contributed by atoms with E-state index in [1.807, 2.05) is 42.5 Å². The number of nitriles is 1. The zero-order chi connectivity index (χ0) is 16.7. The molecule has 4 rings (SSSR count). The monoisotopic (exact) mass is 376 g/mol. The van der Waals surface area contributed by atoms with Crippen molar-refractivity contribution < 1.29 is 0 Å².